The quantitative estimate of drug-likeness (QED) is 0.910. The number of para-hydroxylation sites is 2. The highest BCUT2D eigenvalue weighted by Gasteiger charge is 2.20. The van der Waals surface area contributed by atoms with Crippen LogP contribution in [0.25, 0.3) is 11.0 Å². The molecule has 2 aromatic rings. The third-order valence-electron chi connectivity index (χ3n) is 4.07. The number of carbonyl (C=O) groups is 1. The summed E-state index contributed by atoms with van der Waals surface area (Å²) in [5, 5.41) is 0. The van der Waals surface area contributed by atoms with Gasteiger partial charge in [-0.25, -0.2) is 4.98 Å². The number of fused-ring (bicyclic) bond motifs is 1. The van der Waals surface area contributed by atoms with E-state index in [9.17, 15) is 4.79 Å². The summed E-state index contributed by atoms with van der Waals surface area (Å²) in [5.74, 6) is 0.417. The number of primary amides is 1. The van der Waals surface area contributed by atoms with Crippen LogP contribution in [-0.2, 0) is 11.3 Å². The summed E-state index contributed by atoms with van der Waals surface area (Å²) in [5.41, 5.74) is 7.49. The largest absolute Gasteiger partial charge is 0.369 e. The molecule has 1 saturated heterocycles. The van der Waals surface area contributed by atoms with Gasteiger partial charge in [-0.05, 0) is 44.0 Å². The van der Waals surface area contributed by atoms with Crippen molar-refractivity contribution in [1.29, 1.82) is 0 Å². The average Bonchev–Trinajstić information content (AvgIpc) is 2.84. The first-order chi connectivity index (χ1) is 9.72. The van der Waals surface area contributed by atoms with Gasteiger partial charge in [-0.3, -0.25) is 9.69 Å². The Hall–Kier alpha value is -1.88. The monoisotopic (exact) mass is 272 g/mol. The number of hydrogen-bond donors (Lipinski definition) is 1. The molecule has 20 heavy (non-hydrogen) atoms. The first kappa shape index (κ1) is 13.1. The fraction of sp³-hybridized carbons (Fsp3) is 0.467. The van der Waals surface area contributed by atoms with Crippen LogP contribution >= 0.6 is 0 Å². The molecule has 0 aliphatic carbocycles. The standard InChI is InChI=1S/C15H20N4O/c16-15(20)10-18-7-5-12(6-8-18)9-19-11-17-13-3-1-2-4-14(13)19/h1-4,11-12H,5-10H2,(H2,16,20). The van der Waals surface area contributed by atoms with Gasteiger partial charge in [0.15, 0.2) is 0 Å². The van der Waals surface area contributed by atoms with Crippen LogP contribution in [0.1, 0.15) is 12.8 Å². The summed E-state index contributed by atoms with van der Waals surface area (Å²) in [6.07, 6.45) is 4.15. The molecule has 3 rings (SSSR count). The van der Waals surface area contributed by atoms with E-state index >= 15 is 0 Å². The fourth-order valence-electron chi connectivity index (χ4n) is 2.98. The molecular formula is C15H20N4O. The highest BCUT2D eigenvalue weighted by molar-refractivity contribution is 5.76. The second-order valence-electron chi connectivity index (χ2n) is 5.57. The number of hydrogen-bond acceptors (Lipinski definition) is 3. The van der Waals surface area contributed by atoms with Crippen molar-refractivity contribution in [3.63, 3.8) is 0 Å². The van der Waals surface area contributed by atoms with Crippen LogP contribution in [0.3, 0.4) is 0 Å². The number of imidazole rings is 1. The SMILES string of the molecule is NC(=O)CN1CCC(Cn2cnc3ccccc32)CC1. The van der Waals surface area contributed by atoms with Gasteiger partial charge in [0.25, 0.3) is 0 Å². The van der Waals surface area contributed by atoms with Gasteiger partial charge < -0.3 is 10.3 Å². The van der Waals surface area contributed by atoms with Crippen molar-refractivity contribution in [2.24, 2.45) is 11.7 Å². The Labute approximate surface area is 118 Å². The van der Waals surface area contributed by atoms with Crippen LogP contribution in [0.15, 0.2) is 30.6 Å². The average molecular weight is 272 g/mol. The molecule has 0 radical (unpaired) electrons. The predicted octanol–water partition coefficient (Wildman–Crippen LogP) is 1.23. The van der Waals surface area contributed by atoms with Gasteiger partial charge in [-0.1, -0.05) is 12.1 Å². The third kappa shape index (κ3) is 2.82. The lowest BCUT2D eigenvalue weighted by molar-refractivity contribution is -0.119. The zero-order valence-electron chi connectivity index (χ0n) is 11.5. The number of nitrogens with two attached hydrogens (primary N) is 1. The summed E-state index contributed by atoms with van der Waals surface area (Å²) in [6.45, 7) is 3.31. The van der Waals surface area contributed by atoms with Gasteiger partial charge in [0, 0.05) is 6.54 Å². The van der Waals surface area contributed by atoms with E-state index in [1.165, 1.54) is 5.52 Å². The molecule has 0 spiro atoms. The topological polar surface area (TPSA) is 64.2 Å². The molecule has 0 saturated carbocycles. The van der Waals surface area contributed by atoms with Gasteiger partial charge in [0.05, 0.1) is 23.9 Å². The minimum absolute atomic E-state index is 0.232. The van der Waals surface area contributed by atoms with E-state index in [2.05, 4.69) is 26.6 Å². The van der Waals surface area contributed by atoms with Gasteiger partial charge in [0.2, 0.25) is 5.91 Å². The minimum atomic E-state index is -0.232. The molecule has 106 valence electrons. The third-order valence-corrected chi connectivity index (χ3v) is 4.07. The van der Waals surface area contributed by atoms with Crippen molar-refractivity contribution in [3.05, 3.63) is 30.6 Å². The number of nitrogens with zero attached hydrogens (tertiary/aromatic N) is 3. The second-order valence-corrected chi connectivity index (χ2v) is 5.57. The van der Waals surface area contributed by atoms with Crippen LogP contribution in [-0.4, -0.2) is 40.0 Å². The number of amides is 1. The Morgan fingerprint density at radius 3 is 2.80 bits per heavy atom. The molecule has 1 aliphatic heterocycles. The van der Waals surface area contributed by atoms with Crippen LogP contribution in [0.4, 0.5) is 0 Å². The first-order valence-corrected chi connectivity index (χ1v) is 7.13. The van der Waals surface area contributed by atoms with Crippen LogP contribution in [0.2, 0.25) is 0 Å². The van der Waals surface area contributed by atoms with E-state index in [1.807, 2.05) is 18.5 Å². The summed E-state index contributed by atoms with van der Waals surface area (Å²) < 4.78 is 2.24. The molecule has 0 atom stereocenters. The molecule has 0 bridgehead atoms. The van der Waals surface area contributed by atoms with Crippen molar-refractivity contribution >= 4 is 16.9 Å². The van der Waals surface area contributed by atoms with Crippen molar-refractivity contribution < 1.29 is 4.79 Å². The van der Waals surface area contributed by atoms with E-state index < -0.39 is 0 Å². The van der Waals surface area contributed by atoms with E-state index in [0.717, 1.165) is 38.0 Å². The first-order valence-electron chi connectivity index (χ1n) is 7.13. The van der Waals surface area contributed by atoms with E-state index in [1.54, 1.807) is 0 Å². The van der Waals surface area contributed by atoms with Gasteiger partial charge >= 0.3 is 0 Å². The number of aromatic nitrogens is 2. The minimum Gasteiger partial charge on any atom is -0.369 e. The maximum atomic E-state index is 10.9. The Morgan fingerprint density at radius 1 is 1.30 bits per heavy atom. The molecule has 5 heteroatoms. The fourth-order valence-corrected chi connectivity index (χ4v) is 2.98. The summed E-state index contributed by atoms with van der Waals surface area (Å²) in [6, 6.07) is 8.23. The molecule has 0 unspecified atom stereocenters. The molecule has 1 aromatic carbocycles. The number of benzene rings is 1. The van der Waals surface area contributed by atoms with E-state index in [0.29, 0.717) is 12.5 Å². The Bertz CT molecular complexity index is 599. The van der Waals surface area contributed by atoms with Gasteiger partial charge in [-0.2, -0.15) is 0 Å². The maximum absolute atomic E-state index is 10.9. The lowest BCUT2D eigenvalue weighted by Gasteiger charge is -2.31. The molecule has 1 aromatic heterocycles. The lowest BCUT2D eigenvalue weighted by atomic mass is 9.96. The maximum Gasteiger partial charge on any atom is 0.231 e. The number of piperidine rings is 1. The van der Waals surface area contributed by atoms with Crippen LogP contribution in [0.5, 0.6) is 0 Å². The second kappa shape index (κ2) is 5.63. The molecule has 1 amide bonds. The Morgan fingerprint density at radius 2 is 2.05 bits per heavy atom. The number of rotatable bonds is 4. The molecular weight excluding hydrogens is 252 g/mol. The lowest BCUT2D eigenvalue weighted by Crippen LogP contribution is -2.40. The smallest absolute Gasteiger partial charge is 0.231 e. The van der Waals surface area contributed by atoms with Crippen LogP contribution in [0, 0.1) is 5.92 Å². The normalized spacial score (nSPS) is 17.6. The highest BCUT2D eigenvalue weighted by Crippen LogP contribution is 2.21. The zero-order valence-corrected chi connectivity index (χ0v) is 11.5. The Balaban J connectivity index is 1.61. The van der Waals surface area contributed by atoms with Gasteiger partial charge in [0.1, 0.15) is 0 Å². The molecule has 5 nitrogen and oxygen atoms in total. The summed E-state index contributed by atoms with van der Waals surface area (Å²) in [4.78, 5) is 17.5. The van der Waals surface area contributed by atoms with Crippen molar-refractivity contribution in [3.8, 4) is 0 Å². The van der Waals surface area contributed by atoms with Crippen molar-refractivity contribution in [2.45, 2.75) is 19.4 Å². The summed E-state index contributed by atoms with van der Waals surface area (Å²) in [7, 11) is 0. The predicted molar refractivity (Wildman–Crippen MR) is 78.1 cm³/mol. The van der Waals surface area contributed by atoms with Gasteiger partial charge in [-0.15, -0.1) is 0 Å². The highest BCUT2D eigenvalue weighted by atomic mass is 16.1. The number of likely N-dealkylation sites (tertiary alicyclic amines) is 1. The van der Waals surface area contributed by atoms with Crippen molar-refractivity contribution in [2.75, 3.05) is 19.6 Å². The Kier molecular flexibility index (Phi) is 3.69. The molecule has 1 aliphatic rings. The number of carbonyl (C=O) groups excluding carboxylic acids is 1. The molecule has 2 heterocycles. The van der Waals surface area contributed by atoms with E-state index in [-0.39, 0.29) is 5.91 Å². The molecule has 1 fully saturated rings. The molecule has 2 N–H and O–H groups in total. The summed E-state index contributed by atoms with van der Waals surface area (Å²) >= 11 is 0. The van der Waals surface area contributed by atoms with E-state index in [4.69, 9.17) is 5.73 Å². The van der Waals surface area contributed by atoms with Crippen molar-refractivity contribution in [1.82, 2.24) is 14.5 Å². The van der Waals surface area contributed by atoms with Crippen LogP contribution < -0.4 is 5.73 Å². The zero-order chi connectivity index (χ0) is 13.9.